The molecule has 0 spiro atoms. The van der Waals surface area contributed by atoms with Gasteiger partial charge in [-0.3, -0.25) is 0 Å². The first-order chi connectivity index (χ1) is 8.92. The quantitative estimate of drug-likeness (QED) is 0.833. The summed E-state index contributed by atoms with van der Waals surface area (Å²) in [4.78, 5) is 4.86. The van der Waals surface area contributed by atoms with Gasteiger partial charge >= 0.3 is 0 Å². The number of sulfonamides is 1. The van der Waals surface area contributed by atoms with Gasteiger partial charge in [-0.2, -0.15) is 0 Å². The average molecular weight is 299 g/mol. The number of oxazole rings is 1. The molecule has 2 rings (SSSR count). The van der Waals surface area contributed by atoms with Gasteiger partial charge < -0.3 is 10.2 Å². The molecule has 0 amide bonds. The molecule has 1 aromatic carbocycles. The fraction of sp³-hybridized carbons (Fsp3) is 0.182. The highest BCUT2D eigenvalue weighted by molar-refractivity contribution is 7.99. The molecular formula is C11H13N3O3S2. The van der Waals surface area contributed by atoms with E-state index in [0.29, 0.717) is 15.8 Å². The lowest BCUT2D eigenvalue weighted by molar-refractivity contribution is 0.454. The van der Waals surface area contributed by atoms with Crippen molar-refractivity contribution in [3.8, 4) is 0 Å². The van der Waals surface area contributed by atoms with Gasteiger partial charge in [-0.15, -0.1) is 0 Å². The van der Waals surface area contributed by atoms with E-state index in [1.54, 1.807) is 13.0 Å². The fourth-order valence-corrected chi connectivity index (χ4v) is 3.04. The number of hydrogen-bond donors (Lipinski definition) is 2. The molecule has 8 heteroatoms. The van der Waals surface area contributed by atoms with E-state index in [2.05, 4.69) is 9.71 Å². The Labute approximate surface area is 115 Å². The molecule has 0 saturated carbocycles. The molecule has 1 heterocycles. The molecule has 0 saturated heterocycles. The first-order valence-corrected chi connectivity index (χ1v) is 7.65. The van der Waals surface area contributed by atoms with E-state index < -0.39 is 10.0 Å². The van der Waals surface area contributed by atoms with E-state index in [1.807, 2.05) is 0 Å². The van der Waals surface area contributed by atoms with Crippen molar-refractivity contribution in [3.05, 3.63) is 30.2 Å². The minimum Gasteiger partial charge on any atom is -0.439 e. The molecule has 0 atom stereocenters. The van der Waals surface area contributed by atoms with Crippen LogP contribution >= 0.6 is 11.8 Å². The van der Waals surface area contributed by atoms with Crippen LogP contribution in [0, 0.1) is 6.92 Å². The zero-order valence-electron chi connectivity index (χ0n) is 10.4. The molecule has 0 aliphatic rings. The van der Waals surface area contributed by atoms with Crippen LogP contribution in [0.2, 0.25) is 0 Å². The highest BCUT2D eigenvalue weighted by atomic mass is 32.2. The zero-order chi connectivity index (χ0) is 14.0. The number of aromatic nitrogens is 1. The van der Waals surface area contributed by atoms with Gasteiger partial charge in [-0.25, -0.2) is 18.1 Å². The van der Waals surface area contributed by atoms with Gasteiger partial charge in [-0.05, 0) is 43.9 Å². The Balaban J connectivity index is 2.38. The van der Waals surface area contributed by atoms with Gasteiger partial charge in [0.1, 0.15) is 6.26 Å². The number of nitrogen functional groups attached to an aromatic ring is 1. The van der Waals surface area contributed by atoms with Crippen molar-refractivity contribution in [2.45, 2.75) is 21.9 Å². The smallest absolute Gasteiger partial charge is 0.260 e. The van der Waals surface area contributed by atoms with Gasteiger partial charge in [0.2, 0.25) is 10.0 Å². The lowest BCUT2D eigenvalue weighted by Crippen LogP contribution is -2.18. The predicted molar refractivity (Wildman–Crippen MR) is 72.5 cm³/mol. The Kier molecular flexibility index (Phi) is 3.83. The number of benzene rings is 1. The number of nitrogens with two attached hydrogens (primary N) is 1. The molecule has 0 bridgehead atoms. The molecule has 0 aliphatic heterocycles. The summed E-state index contributed by atoms with van der Waals surface area (Å²) in [5.41, 5.74) is 7.04. The van der Waals surface area contributed by atoms with Gasteiger partial charge in [0, 0.05) is 10.6 Å². The van der Waals surface area contributed by atoms with Crippen molar-refractivity contribution in [3.63, 3.8) is 0 Å². The summed E-state index contributed by atoms with van der Waals surface area (Å²) >= 11 is 1.18. The van der Waals surface area contributed by atoms with E-state index in [0.717, 1.165) is 5.69 Å². The van der Waals surface area contributed by atoms with E-state index in [-0.39, 0.29) is 4.90 Å². The van der Waals surface area contributed by atoms with Crippen molar-refractivity contribution in [2.75, 3.05) is 12.8 Å². The normalized spacial score (nSPS) is 11.7. The second kappa shape index (κ2) is 5.24. The molecule has 3 N–H and O–H groups in total. The highest BCUT2D eigenvalue weighted by Gasteiger charge is 2.15. The van der Waals surface area contributed by atoms with Crippen LogP contribution in [0.1, 0.15) is 5.69 Å². The van der Waals surface area contributed by atoms with E-state index in [1.165, 1.54) is 37.2 Å². The number of nitrogens with one attached hydrogen (secondary N) is 1. The SMILES string of the molecule is CNS(=O)(=O)c1ccc(N)c(Sc2nc(C)co2)c1. The number of nitrogens with zero attached hydrogens (tertiary/aromatic N) is 1. The van der Waals surface area contributed by atoms with Crippen LogP contribution in [0.3, 0.4) is 0 Å². The summed E-state index contributed by atoms with van der Waals surface area (Å²) in [6.07, 6.45) is 1.52. The van der Waals surface area contributed by atoms with Crippen LogP contribution in [0.15, 0.2) is 43.9 Å². The molecule has 2 aromatic rings. The third-order valence-corrected chi connectivity index (χ3v) is 4.71. The molecule has 6 nitrogen and oxygen atoms in total. The Bertz CT molecular complexity index is 695. The number of hydrogen-bond acceptors (Lipinski definition) is 6. The predicted octanol–water partition coefficient (Wildman–Crippen LogP) is 1.62. The molecule has 0 unspecified atom stereocenters. The third-order valence-electron chi connectivity index (χ3n) is 2.36. The minimum absolute atomic E-state index is 0.148. The molecule has 0 aliphatic carbocycles. The standard InChI is InChI=1S/C11H13N3O3S2/c1-7-6-17-11(14-7)18-10-5-8(3-4-9(10)12)19(15,16)13-2/h3-6,13H,12H2,1-2H3. The van der Waals surface area contributed by atoms with Crippen molar-refractivity contribution in [1.82, 2.24) is 9.71 Å². The maximum absolute atomic E-state index is 11.7. The van der Waals surface area contributed by atoms with Gasteiger partial charge in [0.05, 0.1) is 10.6 Å². The average Bonchev–Trinajstić information content (AvgIpc) is 2.77. The molecule has 0 radical (unpaired) electrons. The number of anilines is 1. The van der Waals surface area contributed by atoms with Crippen LogP contribution in [0.4, 0.5) is 5.69 Å². The van der Waals surface area contributed by atoms with Crippen molar-refractivity contribution < 1.29 is 12.8 Å². The summed E-state index contributed by atoms with van der Waals surface area (Å²) < 4.78 is 30.9. The Morgan fingerprint density at radius 3 is 2.74 bits per heavy atom. The summed E-state index contributed by atoms with van der Waals surface area (Å²) in [5.74, 6) is 0. The lowest BCUT2D eigenvalue weighted by Gasteiger charge is -2.07. The van der Waals surface area contributed by atoms with Gasteiger partial charge in [0.15, 0.2) is 0 Å². The van der Waals surface area contributed by atoms with Crippen molar-refractivity contribution in [1.29, 1.82) is 0 Å². The Morgan fingerprint density at radius 2 is 2.16 bits per heavy atom. The van der Waals surface area contributed by atoms with Gasteiger partial charge in [-0.1, -0.05) is 0 Å². The second-order valence-corrected chi connectivity index (χ2v) is 6.64. The minimum atomic E-state index is -3.49. The Hall–Kier alpha value is -1.51. The van der Waals surface area contributed by atoms with Crippen molar-refractivity contribution >= 4 is 27.5 Å². The fourth-order valence-electron chi connectivity index (χ4n) is 1.36. The maximum atomic E-state index is 11.7. The molecule has 0 fully saturated rings. The summed E-state index contributed by atoms with van der Waals surface area (Å²) in [6, 6.07) is 4.49. The molecule has 19 heavy (non-hydrogen) atoms. The second-order valence-electron chi connectivity index (χ2n) is 3.76. The molecular weight excluding hydrogens is 286 g/mol. The van der Waals surface area contributed by atoms with Crippen LogP contribution in [0.25, 0.3) is 0 Å². The van der Waals surface area contributed by atoms with E-state index in [9.17, 15) is 8.42 Å². The van der Waals surface area contributed by atoms with Crippen LogP contribution < -0.4 is 10.5 Å². The lowest BCUT2D eigenvalue weighted by atomic mass is 10.3. The van der Waals surface area contributed by atoms with Crippen molar-refractivity contribution in [2.24, 2.45) is 0 Å². The van der Waals surface area contributed by atoms with Gasteiger partial charge in [0.25, 0.3) is 5.22 Å². The topological polar surface area (TPSA) is 98.2 Å². The van der Waals surface area contributed by atoms with Crippen LogP contribution in [-0.4, -0.2) is 20.4 Å². The maximum Gasteiger partial charge on any atom is 0.260 e. The first-order valence-electron chi connectivity index (χ1n) is 5.35. The number of rotatable bonds is 4. The summed E-state index contributed by atoms with van der Waals surface area (Å²) in [6.45, 7) is 1.80. The molecule has 1 aromatic heterocycles. The number of aryl methyl sites for hydroxylation is 1. The van der Waals surface area contributed by atoms with E-state index >= 15 is 0 Å². The largest absolute Gasteiger partial charge is 0.439 e. The summed E-state index contributed by atoms with van der Waals surface area (Å²) in [7, 11) is -2.14. The zero-order valence-corrected chi connectivity index (χ0v) is 12.0. The first kappa shape index (κ1) is 13.9. The Morgan fingerprint density at radius 1 is 1.42 bits per heavy atom. The highest BCUT2D eigenvalue weighted by Crippen LogP contribution is 2.33. The molecule has 102 valence electrons. The van der Waals surface area contributed by atoms with Crippen LogP contribution in [-0.2, 0) is 10.0 Å². The van der Waals surface area contributed by atoms with Crippen LogP contribution in [0.5, 0.6) is 0 Å². The monoisotopic (exact) mass is 299 g/mol. The van der Waals surface area contributed by atoms with E-state index in [4.69, 9.17) is 10.2 Å². The third kappa shape index (κ3) is 3.09. The summed E-state index contributed by atoms with van der Waals surface area (Å²) in [5, 5.41) is 0.420.